The highest BCUT2D eigenvalue weighted by Gasteiger charge is 2.14. The quantitative estimate of drug-likeness (QED) is 0.589. The van der Waals surface area contributed by atoms with Gasteiger partial charge in [0, 0.05) is 6.61 Å². The summed E-state index contributed by atoms with van der Waals surface area (Å²) in [6.07, 6.45) is 3.88. The van der Waals surface area contributed by atoms with E-state index in [-0.39, 0.29) is 6.29 Å². The summed E-state index contributed by atoms with van der Waals surface area (Å²) in [5.41, 5.74) is 0. The van der Waals surface area contributed by atoms with Crippen molar-refractivity contribution in [2.75, 3.05) is 6.61 Å². The zero-order chi connectivity index (χ0) is 7.40. The van der Waals surface area contributed by atoms with Crippen molar-refractivity contribution in [1.29, 1.82) is 0 Å². The molecule has 2 nitrogen and oxygen atoms in total. The molecule has 0 aromatic carbocycles. The van der Waals surface area contributed by atoms with Crippen molar-refractivity contribution in [3.8, 4) is 0 Å². The minimum atomic E-state index is 0.0775. The molecule has 0 bridgehead atoms. The first-order chi connectivity index (χ1) is 4.79. The molecule has 1 aliphatic heterocycles. The van der Waals surface area contributed by atoms with Gasteiger partial charge in [0.15, 0.2) is 6.29 Å². The Morgan fingerprint density at radius 3 is 2.70 bits per heavy atom. The summed E-state index contributed by atoms with van der Waals surface area (Å²) in [6, 6.07) is 0. The van der Waals surface area contributed by atoms with E-state index in [1.807, 2.05) is 13.8 Å². The highest BCUT2D eigenvalue weighted by atomic mass is 16.7. The highest BCUT2D eigenvalue weighted by Crippen LogP contribution is 2.14. The van der Waals surface area contributed by atoms with Gasteiger partial charge in [0.05, 0.1) is 6.10 Å². The van der Waals surface area contributed by atoms with Crippen molar-refractivity contribution in [3.63, 3.8) is 0 Å². The van der Waals surface area contributed by atoms with Crippen LogP contribution in [0.5, 0.6) is 0 Å². The van der Waals surface area contributed by atoms with Crippen LogP contribution in [0.4, 0.5) is 0 Å². The Morgan fingerprint density at radius 2 is 2.20 bits per heavy atom. The average Bonchev–Trinajstić information content (AvgIpc) is 1.88. The summed E-state index contributed by atoms with van der Waals surface area (Å²) in [7, 11) is 0. The van der Waals surface area contributed by atoms with E-state index in [0.29, 0.717) is 6.10 Å². The van der Waals surface area contributed by atoms with Crippen molar-refractivity contribution in [3.05, 3.63) is 0 Å². The van der Waals surface area contributed by atoms with E-state index >= 15 is 0 Å². The van der Waals surface area contributed by atoms with Crippen molar-refractivity contribution in [2.45, 2.75) is 45.5 Å². The molecular formula is C8H16O2. The van der Waals surface area contributed by atoms with Crippen LogP contribution in [0.2, 0.25) is 0 Å². The lowest BCUT2D eigenvalue weighted by molar-refractivity contribution is -0.180. The fourth-order valence-corrected chi connectivity index (χ4v) is 1.12. The fourth-order valence-electron chi connectivity index (χ4n) is 1.12. The van der Waals surface area contributed by atoms with Gasteiger partial charge in [-0.3, -0.25) is 0 Å². The van der Waals surface area contributed by atoms with Gasteiger partial charge >= 0.3 is 0 Å². The summed E-state index contributed by atoms with van der Waals surface area (Å²) in [5, 5.41) is 0. The van der Waals surface area contributed by atoms with E-state index in [2.05, 4.69) is 0 Å². The Hall–Kier alpha value is -0.0800. The van der Waals surface area contributed by atoms with Crippen molar-refractivity contribution >= 4 is 0 Å². The van der Waals surface area contributed by atoms with Crippen LogP contribution in [0.3, 0.4) is 0 Å². The lowest BCUT2D eigenvalue weighted by atomic mass is 10.2. The number of hydrogen-bond donors (Lipinski definition) is 0. The molecular weight excluding hydrogens is 128 g/mol. The van der Waals surface area contributed by atoms with E-state index in [1.165, 1.54) is 12.8 Å². The lowest BCUT2D eigenvalue weighted by Gasteiger charge is -2.24. The third kappa shape index (κ3) is 2.67. The minimum absolute atomic E-state index is 0.0775. The van der Waals surface area contributed by atoms with E-state index < -0.39 is 0 Å². The smallest absolute Gasteiger partial charge is 0.157 e. The molecule has 1 rings (SSSR count). The van der Waals surface area contributed by atoms with Crippen molar-refractivity contribution < 1.29 is 9.47 Å². The number of ether oxygens (including phenoxy) is 2. The molecule has 0 saturated carbocycles. The summed E-state index contributed by atoms with van der Waals surface area (Å²) in [4.78, 5) is 0. The molecule has 0 aliphatic carbocycles. The van der Waals surface area contributed by atoms with Crippen molar-refractivity contribution in [1.82, 2.24) is 0 Å². The topological polar surface area (TPSA) is 18.5 Å². The Bertz CT molecular complexity index is 85.3. The molecule has 1 unspecified atom stereocenters. The Balaban J connectivity index is 2.13. The molecule has 0 amide bonds. The van der Waals surface area contributed by atoms with Crippen LogP contribution >= 0.6 is 0 Å². The van der Waals surface area contributed by atoms with Gasteiger partial charge in [-0.15, -0.1) is 0 Å². The molecule has 0 spiro atoms. The van der Waals surface area contributed by atoms with Gasteiger partial charge in [-0.05, 0) is 33.1 Å². The zero-order valence-corrected chi connectivity index (χ0v) is 6.80. The first-order valence-electron chi connectivity index (χ1n) is 4.06. The van der Waals surface area contributed by atoms with Crippen LogP contribution in [0.25, 0.3) is 0 Å². The van der Waals surface area contributed by atoms with Gasteiger partial charge in [-0.25, -0.2) is 0 Å². The molecule has 2 heteroatoms. The maximum atomic E-state index is 5.47. The maximum absolute atomic E-state index is 5.47. The van der Waals surface area contributed by atoms with E-state index in [1.54, 1.807) is 0 Å². The summed E-state index contributed by atoms with van der Waals surface area (Å²) in [5.74, 6) is 0. The predicted octanol–water partition coefficient (Wildman–Crippen LogP) is 1.94. The standard InChI is InChI=1S/C8H16O2/c1-7(2)10-8-5-3-4-6-9-8/h7-8H,3-6H2,1-2H3. The second kappa shape index (κ2) is 3.94. The normalized spacial score (nSPS) is 27.3. The second-order valence-electron chi connectivity index (χ2n) is 2.98. The van der Waals surface area contributed by atoms with Crippen LogP contribution in [0, 0.1) is 0 Å². The molecule has 60 valence electrons. The molecule has 1 fully saturated rings. The van der Waals surface area contributed by atoms with Gasteiger partial charge in [0.2, 0.25) is 0 Å². The third-order valence-electron chi connectivity index (χ3n) is 1.56. The molecule has 1 heterocycles. The van der Waals surface area contributed by atoms with Crippen LogP contribution in [-0.4, -0.2) is 19.0 Å². The van der Waals surface area contributed by atoms with Crippen LogP contribution in [0.1, 0.15) is 33.1 Å². The molecule has 1 atom stereocenters. The SMILES string of the molecule is CC(C)OC1CCCCO1. The average molecular weight is 144 g/mol. The largest absolute Gasteiger partial charge is 0.353 e. The predicted molar refractivity (Wildman–Crippen MR) is 39.8 cm³/mol. The number of hydrogen-bond acceptors (Lipinski definition) is 2. The van der Waals surface area contributed by atoms with E-state index in [4.69, 9.17) is 9.47 Å². The molecule has 1 saturated heterocycles. The molecule has 0 radical (unpaired) electrons. The maximum Gasteiger partial charge on any atom is 0.157 e. The summed E-state index contributed by atoms with van der Waals surface area (Å²) >= 11 is 0. The summed E-state index contributed by atoms with van der Waals surface area (Å²) in [6.45, 7) is 4.95. The lowest BCUT2D eigenvalue weighted by Crippen LogP contribution is -2.25. The fraction of sp³-hybridized carbons (Fsp3) is 1.00. The molecule has 0 aromatic rings. The second-order valence-corrected chi connectivity index (χ2v) is 2.98. The Kier molecular flexibility index (Phi) is 3.16. The zero-order valence-electron chi connectivity index (χ0n) is 6.80. The van der Waals surface area contributed by atoms with Gasteiger partial charge in [0.1, 0.15) is 0 Å². The van der Waals surface area contributed by atoms with Gasteiger partial charge in [-0.2, -0.15) is 0 Å². The molecule has 0 aromatic heterocycles. The third-order valence-corrected chi connectivity index (χ3v) is 1.56. The van der Waals surface area contributed by atoms with Crippen LogP contribution in [0.15, 0.2) is 0 Å². The van der Waals surface area contributed by atoms with Crippen molar-refractivity contribution in [2.24, 2.45) is 0 Å². The number of rotatable bonds is 2. The monoisotopic (exact) mass is 144 g/mol. The molecule has 10 heavy (non-hydrogen) atoms. The first-order valence-corrected chi connectivity index (χ1v) is 4.06. The Morgan fingerprint density at radius 1 is 1.40 bits per heavy atom. The van der Waals surface area contributed by atoms with Crippen LogP contribution in [-0.2, 0) is 9.47 Å². The molecule has 1 aliphatic rings. The van der Waals surface area contributed by atoms with E-state index in [0.717, 1.165) is 13.0 Å². The van der Waals surface area contributed by atoms with E-state index in [9.17, 15) is 0 Å². The summed E-state index contributed by atoms with van der Waals surface area (Å²) < 4.78 is 10.8. The molecule has 0 N–H and O–H groups in total. The van der Waals surface area contributed by atoms with Crippen LogP contribution < -0.4 is 0 Å². The first kappa shape index (κ1) is 8.02. The van der Waals surface area contributed by atoms with Gasteiger partial charge < -0.3 is 9.47 Å². The minimum Gasteiger partial charge on any atom is -0.353 e. The Labute approximate surface area is 62.5 Å². The highest BCUT2D eigenvalue weighted by molar-refractivity contribution is 4.54. The van der Waals surface area contributed by atoms with Gasteiger partial charge in [-0.1, -0.05) is 0 Å². The van der Waals surface area contributed by atoms with Gasteiger partial charge in [0.25, 0.3) is 0 Å².